The van der Waals surface area contributed by atoms with Crippen LogP contribution in [0.5, 0.6) is 5.75 Å². The van der Waals surface area contributed by atoms with Crippen molar-refractivity contribution in [2.24, 2.45) is 23.5 Å². The zero-order valence-corrected chi connectivity index (χ0v) is 23.7. The Hall–Kier alpha value is -3.37. The molecule has 0 aliphatic heterocycles. The number of primary amides is 1. The van der Waals surface area contributed by atoms with Gasteiger partial charge in [0.05, 0.1) is 17.5 Å². The zero-order valence-electron chi connectivity index (χ0n) is 23.7. The number of nitrogens with zero attached hydrogens (tertiary/aromatic N) is 2. The Morgan fingerprint density at radius 1 is 1.05 bits per heavy atom. The van der Waals surface area contributed by atoms with Gasteiger partial charge in [-0.3, -0.25) is 19.3 Å². The van der Waals surface area contributed by atoms with Gasteiger partial charge >= 0.3 is 0 Å². The molecule has 0 saturated heterocycles. The number of carbonyl (C=O) groups excluding carboxylic acids is 3. The molecule has 1 aromatic rings. The summed E-state index contributed by atoms with van der Waals surface area (Å²) in [5.74, 6) is -5.56. The van der Waals surface area contributed by atoms with Gasteiger partial charge in [-0.15, -0.1) is 0 Å². The van der Waals surface area contributed by atoms with E-state index in [2.05, 4.69) is 5.32 Å². The number of nitrogens with two attached hydrogens (primary N) is 1. The highest BCUT2D eigenvalue weighted by molar-refractivity contribution is 6.28. The molecule has 2 fully saturated rings. The van der Waals surface area contributed by atoms with E-state index in [1.165, 1.54) is 19.3 Å². The van der Waals surface area contributed by atoms with Crippen molar-refractivity contribution >= 4 is 28.9 Å². The molecule has 10 nitrogen and oxygen atoms in total. The number of hydrogen-bond donors (Lipinski definition) is 5. The van der Waals surface area contributed by atoms with Gasteiger partial charge in [-0.2, -0.15) is 0 Å². The van der Waals surface area contributed by atoms with Crippen LogP contribution in [0, 0.1) is 17.8 Å². The summed E-state index contributed by atoms with van der Waals surface area (Å²) in [6.45, 7) is 0.421. The number of amides is 1. The van der Waals surface area contributed by atoms with Crippen LogP contribution in [-0.4, -0.2) is 78.0 Å². The van der Waals surface area contributed by atoms with E-state index < -0.39 is 52.6 Å². The number of likely N-dealkylation sites (N-methyl/N-ethyl adjacent to an activating group) is 1. The van der Waals surface area contributed by atoms with Crippen LogP contribution in [0.1, 0.15) is 55.2 Å². The number of phenols is 1. The number of hydrogen-bond acceptors (Lipinski definition) is 9. The van der Waals surface area contributed by atoms with Crippen molar-refractivity contribution in [3.8, 4) is 5.75 Å². The molecule has 10 heteroatoms. The molecule has 1 amide bonds. The van der Waals surface area contributed by atoms with E-state index >= 15 is 0 Å². The number of phenolic OH excluding ortho intramolecular Hbond substituents is 1. The summed E-state index contributed by atoms with van der Waals surface area (Å²) in [4.78, 5) is 43.2. The summed E-state index contributed by atoms with van der Waals surface area (Å²) < 4.78 is 0. The van der Waals surface area contributed by atoms with Crippen LogP contribution in [0.3, 0.4) is 0 Å². The highest BCUT2D eigenvalue weighted by atomic mass is 16.3. The number of rotatable bonds is 6. The molecule has 6 N–H and O–H groups in total. The predicted octanol–water partition coefficient (Wildman–Crippen LogP) is 2.34. The van der Waals surface area contributed by atoms with Crippen molar-refractivity contribution in [1.82, 2.24) is 10.2 Å². The summed E-state index contributed by atoms with van der Waals surface area (Å²) in [6.07, 6.45) is 6.46. The number of fused-ring (bicyclic) bond motifs is 3. The van der Waals surface area contributed by atoms with Gasteiger partial charge in [0.25, 0.3) is 5.91 Å². The Labute approximate surface area is 234 Å². The normalized spacial score (nSPS) is 27.0. The average molecular weight is 553 g/mol. The Morgan fingerprint density at radius 2 is 1.73 bits per heavy atom. The first-order chi connectivity index (χ1) is 18.9. The Kier molecular flexibility index (Phi) is 7.43. The molecule has 0 heterocycles. The first kappa shape index (κ1) is 28.2. The molecule has 4 aliphatic rings. The van der Waals surface area contributed by atoms with Crippen LogP contribution in [-0.2, 0) is 27.3 Å². The fraction of sp³-hybridized carbons (Fsp3) is 0.567. The number of carbonyl (C=O) groups is 3. The van der Waals surface area contributed by atoms with Crippen molar-refractivity contribution in [2.75, 3.05) is 33.1 Å². The molecular weight excluding hydrogens is 512 g/mol. The smallest absolute Gasteiger partial charge is 0.255 e. The molecule has 216 valence electrons. The number of allylic oxidation sites excluding steroid dienone is 1. The number of aromatic hydroxyl groups is 1. The molecule has 0 bridgehead atoms. The maximum absolute atomic E-state index is 14.0. The second-order valence-electron chi connectivity index (χ2n) is 12.2. The molecule has 2 saturated carbocycles. The Bertz CT molecular complexity index is 1320. The summed E-state index contributed by atoms with van der Waals surface area (Å²) in [5, 5.41) is 37.5. The second-order valence-corrected chi connectivity index (χ2v) is 12.2. The van der Waals surface area contributed by atoms with Gasteiger partial charge in [0.15, 0.2) is 11.6 Å². The van der Waals surface area contributed by atoms with Crippen LogP contribution in [0.4, 0.5) is 5.69 Å². The predicted molar refractivity (Wildman–Crippen MR) is 151 cm³/mol. The van der Waals surface area contributed by atoms with E-state index in [0.29, 0.717) is 31.0 Å². The van der Waals surface area contributed by atoms with E-state index in [1.807, 2.05) is 25.1 Å². The Balaban J connectivity index is 1.59. The van der Waals surface area contributed by atoms with Gasteiger partial charge in [0.2, 0.25) is 0 Å². The molecule has 0 aromatic heterocycles. The molecule has 1 aromatic carbocycles. The number of aliphatic hydroxyl groups is 2. The summed E-state index contributed by atoms with van der Waals surface area (Å²) in [6, 6.07) is 1.55. The van der Waals surface area contributed by atoms with Gasteiger partial charge in [-0.05, 0) is 63.2 Å². The summed E-state index contributed by atoms with van der Waals surface area (Å²) in [5.41, 5.74) is 7.43. The number of nitrogens with one attached hydrogen (secondary N) is 1. The number of ketones is 2. The highest BCUT2D eigenvalue weighted by Gasteiger charge is 2.56. The van der Waals surface area contributed by atoms with E-state index in [1.54, 1.807) is 19.0 Å². The lowest BCUT2D eigenvalue weighted by Gasteiger charge is -2.46. The van der Waals surface area contributed by atoms with Gasteiger partial charge < -0.3 is 31.3 Å². The SMILES string of the molecule is CN(C)c1cc(CNC2CCCCC2)c(O)c2c1CC1CC3C(C(=O)C(C(N)=O)=C(O)[C@H]3N(C)C)C(=O)C1=C2O. The van der Waals surface area contributed by atoms with Crippen molar-refractivity contribution in [2.45, 2.75) is 63.6 Å². The number of benzene rings is 1. The van der Waals surface area contributed by atoms with Gasteiger partial charge in [0.1, 0.15) is 22.8 Å². The Morgan fingerprint density at radius 3 is 2.33 bits per heavy atom. The average Bonchev–Trinajstić information content (AvgIpc) is 2.87. The van der Waals surface area contributed by atoms with Gasteiger partial charge in [-0.25, -0.2) is 0 Å². The van der Waals surface area contributed by atoms with Gasteiger partial charge in [0, 0.05) is 43.5 Å². The maximum Gasteiger partial charge on any atom is 0.255 e. The lowest BCUT2D eigenvalue weighted by molar-refractivity contribution is -0.136. The van der Waals surface area contributed by atoms with E-state index in [0.717, 1.165) is 24.1 Å². The molecule has 0 spiro atoms. The third kappa shape index (κ3) is 4.47. The number of Topliss-reactive ketones (excluding diaryl/α,β-unsaturated/α-hetero) is 2. The molecule has 40 heavy (non-hydrogen) atoms. The quantitative estimate of drug-likeness (QED) is 0.264. The second kappa shape index (κ2) is 10.6. The largest absolute Gasteiger partial charge is 0.510 e. The van der Waals surface area contributed by atoms with Crippen LogP contribution in [0.15, 0.2) is 23.0 Å². The number of aliphatic hydroxyl groups excluding tert-OH is 2. The third-order valence-corrected chi connectivity index (χ3v) is 9.29. The maximum atomic E-state index is 14.0. The minimum atomic E-state index is -1.26. The van der Waals surface area contributed by atoms with E-state index in [4.69, 9.17) is 5.73 Å². The van der Waals surface area contributed by atoms with Crippen molar-refractivity contribution in [3.63, 3.8) is 0 Å². The fourth-order valence-electron chi connectivity index (χ4n) is 7.46. The zero-order chi connectivity index (χ0) is 29.0. The van der Waals surface area contributed by atoms with Crippen LogP contribution in [0.25, 0.3) is 5.76 Å². The minimum Gasteiger partial charge on any atom is -0.510 e. The lowest BCUT2D eigenvalue weighted by atomic mass is 9.59. The van der Waals surface area contributed by atoms with Crippen molar-refractivity contribution < 1.29 is 29.7 Å². The van der Waals surface area contributed by atoms with E-state index in [9.17, 15) is 29.7 Å². The molecule has 5 rings (SSSR count). The molecular formula is C30H40N4O6. The van der Waals surface area contributed by atoms with Crippen LogP contribution < -0.4 is 16.0 Å². The monoisotopic (exact) mass is 552 g/mol. The van der Waals surface area contributed by atoms with Crippen molar-refractivity contribution in [3.05, 3.63) is 39.7 Å². The van der Waals surface area contributed by atoms with Crippen LogP contribution in [0.2, 0.25) is 0 Å². The minimum absolute atomic E-state index is 0.0706. The van der Waals surface area contributed by atoms with Crippen molar-refractivity contribution in [1.29, 1.82) is 0 Å². The standard InChI is InChI=1S/C30H40N4O6/c1-33(2)19-12-15(13-32-16-8-6-5-7-9-16)25(35)21-17(19)10-14-11-18-22(27(37)20(14)26(21)36)28(38)23(30(31)40)29(39)24(18)34(3)4/h12,14,16,18,22,24,32,35-36,39H,5-11,13H2,1-4H3,(H2,31,40)/t14?,18?,22?,24-/m0/s1. The topological polar surface area (TPSA) is 156 Å². The summed E-state index contributed by atoms with van der Waals surface area (Å²) in [7, 11) is 7.22. The highest BCUT2D eigenvalue weighted by Crippen LogP contribution is 2.52. The van der Waals surface area contributed by atoms with Crippen LogP contribution >= 0.6 is 0 Å². The molecule has 0 radical (unpaired) electrons. The van der Waals surface area contributed by atoms with E-state index in [-0.39, 0.29) is 22.6 Å². The first-order valence-corrected chi connectivity index (χ1v) is 14.1. The molecule has 3 unspecified atom stereocenters. The van der Waals surface area contributed by atoms with Gasteiger partial charge in [-0.1, -0.05) is 19.3 Å². The first-order valence-electron chi connectivity index (χ1n) is 14.1. The molecule has 4 atom stereocenters. The lowest BCUT2D eigenvalue weighted by Crippen LogP contribution is -2.55. The third-order valence-electron chi connectivity index (χ3n) is 9.29. The fourth-order valence-corrected chi connectivity index (χ4v) is 7.46. The molecule has 4 aliphatic carbocycles. The summed E-state index contributed by atoms with van der Waals surface area (Å²) >= 11 is 0. The number of anilines is 1.